The number of allylic oxidation sites excluding steroid dienone is 2. The summed E-state index contributed by atoms with van der Waals surface area (Å²) >= 11 is 0. The summed E-state index contributed by atoms with van der Waals surface area (Å²) in [7, 11) is 1.88. The molecule has 0 unspecified atom stereocenters. The Morgan fingerprint density at radius 2 is 2.05 bits per heavy atom. The summed E-state index contributed by atoms with van der Waals surface area (Å²) in [6.07, 6.45) is 6.53. The van der Waals surface area contributed by atoms with E-state index < -0.39 is 0 Å². The molecule has 1 aliphatic heterocycles. The lowest BCUT2D eigenvalue weighted by molar-refractivity contribution is -0.670. The van der Waals surface area contributed by atoms with Gasteiger partial charge in [-0.3, -0.25) is 9.59 Å². The van der Waals surface area contributed by atoms with Crippen LogP contribution in [0.2, 0.25) is 0 Å². The molecule has 3 atom stereocenters. The number of pyridine rings is 1. The molecule has 2 aliphatic rings. The number of amides is 2. The minimum Gasteiger partial charge on any atom is -0.274 e. The first-order chi connectivity index (χ1) is 9.49. The van der Waals surface area contributed by atoms with Gasteiger partial charge in [0.25, 0.3) is 0 Å². The third-order valence-corrected chi connectivity index (χ3v) is 4.31. The highest BCUT2D eigenvalue weighted by Gasteiger charge is 2.51. The van der Waals surface area contributed by atoms with Crippen molar-refractivity contribution in [1.82, 2.24) is 0 Å². The van der Waals surface area contributed by atoms with Crippen molar-refractivity contribution in [2.45, 2.75) is 20.3 Å². The van der Waals surface area contributed by atoms with E-state index in [1.165, 1.54) is 10.5 Å². The van der Waals surface area contributed by atoms with Crippen LogP contribution in [-0.2, 0) is 16.6 Å². The standard InChI is InChI=1S/C16H19N2O2/c1-10-7-11(2)14-13(8-10)15(19)18(16(14)20)12-5-4-6-17(3)9-12/h4-7,9,11,13-14H,8H2,1-3H3/q+1/t11-,13-,14+/m0/s1. The van der Waals surface area contributed by atoms with Gasteiger partial charge in [-0.2, -0.15) is 0 Å². The predicted molar refractivity (Wildman–Crippen MR) is 74.6 cm³/mol. The second-order valence-corrected chi connectivity index (χ2v) is 5.95. The van der Waals surface area contributed by atoms with Crippen molar-refractivity contribution in [3.63, 3.8) is 0 Å². The molecule has 1 aromatic rings. The lowest BCUT2D eigenvalue weighted by Gasteiger charge is -2.25. The van der Waals surface area contributed by atoms with Crippen LogP contribution >= 0.6 is 0 Å². The fourth-order valence-corrected chi connectivity index (χ4v) is 3.48. The van der Waals surface area contributed by atoms with Crippen LogP contribution in [0.15, 0.2) is 36.2 Å². The van der Waals surface area contributed by atoms with Gasteiger partial charge in [-0.15, -0.1) is 0 Å². The molecule has 104 valence electrons. The Morgan fingerprint density at radius 1 is 1.30 bits per heavy atom. The topological polar surface area (TPSA) is 41.3 Å². The first kappa shape index (κ1) is 13.0. The summed E-state index contributed by atoms with van der Waals surface area (Å²) in [5, 5.41) is 0. The molecule has 4 heteroatoms. The second kappa shape index (κ2) is 4.54. The highest BCUT2D eigenvalue weighted by atomic mass is 16.2. The molecule has 2 heterocycles. The number of hydrogen-bond acceptors (Lipinski definition) is 2. The van der Waals surface area contributed by atoms with Gasteiger partial charge >= 0.3 is 0 Å². The third-order valence-electron chi connectivity index (χ3n) is 4.31. The van der Waals surface area contributed by atoms with Gasteiger partial charge in [0.05, 0.1) is 11.8 Å². The van der Waals surface area contributed by atoms with Crippen molar-refractivity contribution in [2.24, 2.45) is 24.8 Å². The van der Waals surface area contributed by atoms with Gasteiger partial charge in [-0.25, -0.2) is 9.47 Å². The molecule has 2 amide bonds. The minimum atomic E-state index is -0.197. The van der Waals surface area contributed by atoms with Gasteiger partial charge in [-0.1, -0.05) is 18.6 Å². The first-order valence-electron chi connectivity index (χ1n) is 6.99. The Hall–Kier alpha value is -1.97. The maximum atomic E-state index is 12.6. The number of anilines is 1. The van der Waals surface area contributed by atoms with Crippen molar-refractivity contribution in [3.8, 4) is 0 Å². The molecular formula is C16H19N2O2+. The van der Waals surface area contributed by atoms with Crippen LogP contribution in [-0.4, -0.2) is 11.8 Å². The maximum Gasteiger partial charge on any atom is 0.238 e. The van der Waals surface area contributed by atoms with E-state index in [4.69, 9.17) is 0 Å². The van der Waals surface area contributed by atoms with Crippen LogP contribution in [0.3, 0.4) is 0 Å². The summed E-state index contributed by atoms with van der Waals surface area (Å²) in [4.78, 5) is 26.6. The van der Waals surface area contributed by atoms with Crippen molar-refractivity contribution in [2.75, 3.05) is 4.90 Å². The Balaban J connectivity index is 2.01. The fraction of sp³-hybridized carbons (Fsp3) is 0.438. The smallest absolute Gasteiger partial charge is 0.238 e. The number of fused-ring (bicyclic) bond motifs is 1. The van der Waals surface area contributed by atoms with Crippen LogP contribution in [0.4, 0.5) is 5.69 Å². The van der Waals surface area contributed by atoms with Gasteiger partial charge < -0.3 is 0 Å². The van der Waals surface area contributed by atoms with E-state index in [9.17, 15) is 9.59 Å². The van der Waals surface area contributed by atoms with E-state index in [0.717, 1.165) is 0 Å². The van der Waals surface area contributed by atoms with Crippen molar-refractivity contribution >= 4 is 17.5 Å². The van der Waals surface area contributed by atoms with Crippen LogP contribution in [0, 0.1) is 17.8 Å². The molecule has 0 spiro atoms. The summed E-state index contributed by atoms with van der Waals surface area (Å²) in [6, 6.07) is 3.67. The average molecular weight is 271 g/mol. The SMILES string of the molecule is CC1=C[C@H](C)[C@H]2C(=O)N(c3ccc[n+](C)c3)C(=O)[C@H]2C1. The lowest BCUT2D eigenvalue weighted by atomic mass is 9.76. The molecule has 1 fully saturated rings. The number of aromatic nitrogens is 1. The molecule has 3 rings (SSSR count). The normalized spacial score (nSPS) is 29.4. The molecule has 0 N–H and O–H groups in total. The maximum absolute atomic E-state index is 12.6. The first-order valence-corrected chi connectivity index (χ1v) is 6.99. The largest absolute Gasteiger partial charge is 0.274 e. The number of hydrogen-bond donors (Lipinski definition) is 0. The average Bonchev–Trinajstić information content (AvgIpc) is 2.61. The van der Waals surface area contributed by atoms with Crippen LogP contribution < -0.4 is 9.47 Å². The van der Waals surface area contributed by atoms with Gasteiger partial charge in [0.2, 0.25) is 11.8 Å². The predicted octanol–water partition coefficient (Wildman–Crippen LogP) is 1.60. The summed E-state index contributed by atoms with van der Waals surface area (Å²) in [5.74, 6) is -0.356. The molecule has 1 saturated heterocycles. The highest BCUT2D eigenvalue weighted by molar-refractivity contribution is 6.22. The van der Waals surface area contributed by atoms with Gasteiger partial charge in [0, 0.05) is 6.07 Å². The van der Waals surface area contributed by atoms with E-state index in [2.05, 4.69) is 6.08 Å². The fourth-order valence-electron chi connectivity index (χ4n) is 3.48. The van der Waals surface area contributed by atoms with E-state index in [0.29, 0.717) is 12.1 Å². The van der Waals surface area contributed by atoms with Crippen LogP contribution in [0.5, 0.6) is 0 Å². The molecule has 0 aromatic carbocycles. The molecule has 0 radical (unpaired) electrons. The Kier molecular flexibility index (Phi) is 2.96. The molecule has 1 aliphatic carbocycles. The Labute approximate surface area is 118 Å². The zero-order valence-electron chi connectivity index (χ0n) is 12.0. The van der Waals surface area contributed by atoms with Gasteiger partial charge in [0.15, 0.2) is 12.4 Å². The zero-order chi connectivity index (χ0) is 14.4. The van der Waals surface area contributed by atoms with E-state index in [1.807, 2.05) is 50.0 Å². The Bertz CT molecular complexity index is 621. The molecular weight excluding hydrogens is 252 g/mol. The van der Waals surface area contributed by atoms with Crippen molar-refractivity contribution in [3.05, 3.63) is 36.2 Å². The lowest BCUT2D eigenvalue weighted by Crippen LogP contribution is -2.35. The zero-order valence-corrected chi connectivity index (χ0v) is 12.0. The second-order valence-electron chi connectivity index (χ2n) is 5.95. The van der Waals surface area contributed by atoms with E-state index >= 15 is 0 Å². The molecule has 1 aromatic heterocycles. The number of carbonyl (C=O) groups excluding carboxylic acids is 2. The summed E-state index contributed by atoms with van der Waals surface area (Å²) in [5.41, 5.74) is 1.88. The molecule has 20 heavy (non-hydrogen) atoms. The number of nitrogens with zero attached hydrogens (tertiary/aromatic N) is 2. The number of carbonyl (C=O) groups is 2. The van der Waals surface area contributed by atoms with E-state index in [1.54, 1.807) is 0 Å². The van der Waals surface area contributed by atoms with Crippen LogP contribution in [0.1, 0.15) is 20.3 Å². The number of rotatable bonds is 1. The van der Waals surface area contributed by atoms with E-state index in [-0.39, 0.29) is 29.6 Å². The van der Waals surface area contributed by atoms with Gasteiger partial charge in [0.1, 0.15) is 12.7 Å². The summed E-state index contributed by atoms with van der Waals surface area (Å²) in [6.45, 7) is 4.07. The Morgan fingerprint density at radius 3 is 2.75 bits per heavy atom. The molecule has 4 nitrogen and oxygen atoms in total. The minimum absolute atomic E-state index is 0.0505. The quantitative estimate of drug-likeness (QED) is 0.442. The number of imide groups is 1. The highest BCUT2D eigenvalue weighted by Crippen LogP contribution is 2.42. The third kappa shape index (κ3) is 1.87. The summed E-state index contributed by atoms with van der Waals surface area (Å²) < 4.78 is 1.85. The molecule has 0 saturated carbocycles. The molecule has 0 bridgehead atoms. The van der Waals surface area contributed by atoms with Crippen molar-refractivity contribution < 1.29 is 14.2 Å². The van der Waals surface area contributed by atoms with Crippen LogP contribution in [0.25, 0.3) is 0 Å². The van der Waals surface area contributed by atoms with Crippen molar-refractivity contribution in [1.29, 1.82) is 0 Å². The number of aryl methyl sites for hydroxylation is 1. The monoisotopic (exact) mass is 271 g/mol. The van der Waals surface area contributed by atoms with Gasteiger partial charge in [-0.05, 0) is 25.3 Å².